The first-order valence-corrected chi connectivity index (χ1v) is 15.2. The summed E-state index contributed by atoms with van der Waals surface area (Å²) >= 11 is -0.179. The first-order chi connectivity index (χ1) is 16.4. The van der Waals surface area contributed by atoms with Crippen LogP contribution in [0.4, 0.5) is 0 Å². The van der Waals surface area contributed by atoms with Crippen LogP contribution >= 0.6 is 0 Å². The zero-order valence-corrected chi connectivity index (χ0v) is 22.5. The van der Waals surface area contributed by atoms with E-state index in [2.05, 4.69) is 29.0 Å². The van der Waals surface area contributed by atoms with Gasteiger partial charge in [0.05, 0.1) is 0 Å². The number of halogens is 1. The van der Waals surface area contributed by atoms with Gasteiger partial charge in [0.25, 0.3) is 0 Å². The fourth-order valence-electron chi connectivity index (χ4n) is 6.52. The van der Waals surface area contributed by atoms with Gasteiger partial charge in [-0.25, -0.2) is 0 Å². The SMILES string of the molecule is COc1ccc2c(c1Oc1ccccc1)CCC1(C2)CN(C)C1C1(OC)C=CC(=O)[C@H]([I-]C)C1. The van der Waals surface area contributed by atoms with E-state index < -0.39 is 5.60 Å². The van der Waals surface area contributed by atoms with Gasteiger partial charge in [0.15, 0.2) is 0 Å². The summed E-state index contributed by atoms with van der Waals surface area (Å²) in [5.74, 6) is 2.71. The molecule has 0 radical (unpaired) electrons. The molecule has 2 aliphatic carbocycles. The van der Waals surface area contributed by atoms with Crippen molar-refractivity contribution < 1.29 is 40.2 Å². The summed E-state index contributed by atoms with van der Waals surface area (Å²) in [4.78, 5) is 17.1. The van der Waals surface area contributed by atoms with Crippen LogP contribution in [0.25, 0.3) is 0 Å². The number of ketones is 1. The molecule has 1 fully saturated rings. The van der Waals surface area contributed by atoms with E-state index in [9.17, 15) is 4.79 Å². The molecular formula is C28H33INO4-. The van der Waals surface area contributed by atoms with E-state index in [0.717, 1.165) is 49.5 Å². The average molecular weight is 574 g/mol. The Hall–Kier alpha value is -1.90. The van der Waals surface area contributed by atoms with Crippen LogP contribution in [0.5, 0.6) is 17.2 Å². The minimum atomic E-state index is -0.408. The molecule has 0 amide bonds. The number of hydrogen-bond acceptors (Lipinski definition) is 5. The van der Waals surface area contributed by atoms with Crippen LogP contribution in [0.2, 0.25) is 0 Å². The fourth-order valence-corrected chi connectivity index (χ4v) is 8.47. The van der Waals surface area contributed by atoms with Gasteiger partial charge in [-0.3, -0.25) is 0 Å². The number of fused-ring (bicyclic) bond motifs is 1. The number of ether oxygens (including phenoxy) is 3. The van der Waals surface area contributed by atoms with Crippen molar-refractivity contribution in [2.75, 3.05) is 32.7 Å². The van der Waals surface area contributed by atoms with Crippen molar-refractivity contribution in [1.82, 2.24) is 4.90 Å². The van der Waals surface area contributed by atoms with Crippen LogP contribution in [0, 0.1) is 5.41 Å². The van der Waals surface area contributed by atoms with E-state index in [1.165, 1.54) is 11.1 Å². The molecule has 5 rings (SSSR count). The molecule has 2 aromatic carbocycles. The molecule has 0 bridgehead atoms. The third-order valence-corrected chi connectivity index (χ3v) is 10.5. The van der Waals surface area contributed by atoms with Crippen LogP contribution < -0.4 is 30.7 Å². The second kappa shape index (κ2) is 9.28. The summed E-state index contributed by atoms with van der Waals surface area (Å²) in [6, 6.07) is 14.4. The topological polar surface area (TPSA) is 48.0 Å². The van der Waals surface area contributed by atoms with Gasteiger partial charge in [0.2, 0.25) is 0 Å². The van der Waals surface area contributed by atoms with E-state index in [0.29, 0.717) is 0 Å². The molecule has 34 heavy (non-hydrogen) atoms. The van der Waals surface area contributed by atoms with Crippen LogP contribution in [0.3, 0.4) is 0 Å². The van der Waals surface area contributed by atoms with E-state index >= 15 is 0 Å². The van der Waals surface area contributed by atoms with Gasteiger partial charge in [0, 0.05) is 0 Å². The van der Waals surface area contributed by atoms with Crippen molar-refractivity contribution in [2.45, 2.75) is 41.3 Å². The van der Waals surface area contributed by atoms with Gasteiger partial charge in [-0.15, -0.1) is 0 Å². The van der Waals surface area contributed by atoms with Gasteiger partial charge in [-0.05, 0) is 0 Å². The number of likely N-dealkylation sites (N-methyl/N-ethyl adjacent to an activating group) is 1. The number of allylic oxidation sites excluding steroid dienone is 1. The number of nitrogens with zero attached hydrogens (tertiary/aromatic N) is 1. The average Bonchev–Trinajstić information content (AvgIpc) is 2.85. The second-order valence-corrected chi connectivity index (χ2v) is 12.5. The Morgan fingerprint density at radius 2 is 1.91 bits per heavy atom. The van der Waals surface area contributed by atoms with Crippen molar-refractivity contribution in [3.63, 3.8) is 0 Å². The number of para-hydroxylation sites is 1. The molecular weight excluding hydrogens is 541 g/mol. The zero-order valence-electron chi connectivity index (χ0n) is 20.3. The maximum absolute atomic E-state index is 12.5. The number of rotatable bonds is 6. The molecule has 5 nitrogen and oxygen atoms in total. The molecule has 3 unspecified atom stereocenters. The van der Waals surface area contributed by atoms with Crippen molar-refractivity contribution in [3.8, 4) is 17.2 Å². The summed E-state index contributed by atoms with van der Waals surface area (Å²) in [6.45, 7) is 1.04. The van der Waals surface area contributed by atoms with Gasteiger partial charge in [-0.2, -0.15) is 0 Å². The molecule has 0 saturated carbocycles. The number of carbonyl (C=O) groups excluding carboxylic acids is 1. The fraction of sp³-hybridized carbons (Fsp3) is 0.464. The number of methoxy groups -OCH3 is 2. The third-order valence-electron chi connectivity index (χ3n) is 7.95. The molecule has 0 aromatic heterocycles. The monoisotopic (exact) mass is 574 g/mol. The molecule has 182 valence electrons. The molecule has 1 saturated heterocycles. The normalized spacial score (nSPS) is 30.8. The Morgan fingerprint density at radius 3 is 2.59 bits per heavy atom. The van der Waals surface area contributed by atoms with Crippen molar-refractivity contribution in [2.24, 2.45) is 5.41 Å². The Balaban J connectivity index is 1.49. The predicted molar refractivity (Wildman–Crippen MR) is 129 cm³/mol. The summed E-state index contributed by atoms with van der Waals surface area (Å²) in [6.07, 6.45) is 7.65. The Labute approximate surface area is 212 Å². The van der Waals surface area contributed by atoms with E-state index in [1.54, 1.807) is 13.2 Å². The number of alkyl halides is 2. The molecule has 6 heteroatoms. The van der Waals surface area contributed by atoms with Crippen molar-refractivity contribution >= 4 is 5.78 Å². The van der Waals surface area contributed by atoms with Gasteiger partial charge in [-0.1, -0.05) is 18.2 Å². The summed E-state index contributed by atoms with van der Waals surface area (Å²) in [7, 11) is 5.72. The molecule has 2 aromatic rings. The maximum atomic E-state index is 12.5. The standard InChI is InChI=1S/C28H33INO4/c1-29-22-17-28(33-4,15-13-23(22)31)26-27(18-30(26)2)14-12-21-19(16-27)10-11-24(32-3)25(21)34-20-8-6-5-7-9-20/h5-11,13,15,22,26H,12,14,16-18H2,1-4H3/q-1/t22-,26?,27?,28?/m1/s1. The van der Waals surface area contributed by atoms with Crippen LogP contribution in [-0.4, -0.2) is 59.0 Å². The van der Waals surface area contributed by atoms with E-state index in [1.807, 2.05) is 43.5 Å². The molecule has 3 aliphatic rings. The minimum absolute atomic E-state index is 0.123. The van der Waals surface area contributed by atoms with Gasteiger partial charge >= 0.3 is 195 Å². The molecule has 1 aliphatic heterocycles. The Bertz CT molecular complexity index is 1100. The van der Waals surface area contributed by atoms with E-state index in [4.69, 9.17) is 14.2 Å². The zero-order chi connectivity index (χ0) is 23.9. The molecule has 1 spiro atoms. The summed E-state index contributed by atoms with van der Waals surface area (Å²) < 4.78 is 18.5. The first-order valence-electron chi connectivity index (χ1n) is 11.8. The van der Waals surface area contributed by atoms with Crippen LogP contribution in [-0.2, 0) is 22.4 Å². The van der Waals surface area contributed by atoms with Crippen LogP contribution in [0.1, 0.15) is 24.0 Å². The third kappa shape index (κ3) is 3.88. The number of likely N-dealkylation sites (tertiary alicyclic amines) is 1. The predicted octanol–water partition coefficient (Wildman–Crippen LogP) is 1.28. The van der Waals surface area contributed by atoms with Gasteiger partial charge in [0.1, 0.15) is 0 Å². The molecule has 1 heterocycles. The Kier molecular flexibility index (Phi) is 6.50. The van der Waals surface area contributed by atoms with Gasteiger partial charge < -0.3 is 0 Å². The summed E-state index contributed by atoms with van der Waals surface area (Å²) in [5, 5.41) is 0. The number of hydrogen-bond donors (Lipinski definition) is 0. The molecule has 4 atom stereocenters. The van der Waals surface area contributed by atoms with E-state index in [-0.39, 0.29) is 42.4 Å². The first kappa shape index (κ1) is 23.8. The quantitative estimate of drug-likeness (QED) is 0.385. The number of carbonyl (C=O) groups is 1. The van der Waals surface area contributed by atoms with Crippen LogP contribution in [0.15, 0.2) is 54.6 Å². The van der Waals surface area contributed by atoms with Crippen molar-refractivity contribution in [3.05, 3.63) is 65.7 Å². The Morgan fingerprint density at radius 1 is 1.12 bits per heavy atom. The summed E-state index contributed by atoms with van der Waals surface area (Å²) in [5.41, 5.74) is 2.30. The second-order valence-electron chi connectivity index (χ2n) is 9.79. The van der Waals surface area contributed by atoms with Crippen molar-refractivity contribution in [1.29, 1.82) is 0 Å². The molecule has 0 N–H and O–H groups in total. The number of benzene rings is 2.